The Labute approximate surface area is 134 Å². The first-order valence-electron chi connectivity index (χ1n) is 7.71. The van der Waals surface area contributed by atoms with Gasteiger partial charge in [-0.1, -0.05) is 42.5 Å². The van der Waals surface area contributed by atoms with Crippen LogP contribution >= 0.6 is 0 Å². The molecule has 23 heavy (non-hydrogen) atoms. The lowest BCUT2D eigenvalue weighted by Gasteiger charge is -2.31. The lowest BCUT2D eigenvalue weighted by Crippen LogP contribution is -2.37. The summed E-state index contributed by atoms with van der Waals surface area (Å²) in [6, 6.07) is 17.3. The standard InChI is InChI=1S/C19H16N2O2/c22-18-12-17(19(23)21(18)16-8-2-1-3-9-16)20-11-10-14-6-4-5-7-15(14)13-20/h1-9,12H,10-11,13H2. The molecule has 2 heterocycles. The molecular weight excluding hydrogens is 288 g/mol. The number of benzene rings is 2. The van der Waals surface area contributed by atoms with Gasteiger partial charge in [0.05, 0.1) is 5.69 Å². The molecule has 0 unspecified atom stereocenters. The van der Waals surface area contributed by atoms with E-state index >= 15 is 0 Å². The summed E-state index contributed by atoms with van der Waals surface area (Å²) in [7, 11) is 0. The zero-order valence-corrected chi connectivity index (χ0v) is 12.6. The summed E-state index contributed by atoms with van der Waals surface area (Å²) < 4.78 is 0. The Kier molecular flexibility index (Phi) is 3.23. The summed E-state index contributed by atoms with van der Waals surface area (Å²) in [4.78, 5) is 28.3. The molecule has 2 aliphatic rings. The fourth-order valence-corrected chi connectivity index (χ4v) is 3.21. The van der Waals surface area contributed by atoms with Gasteiger partial charge in [0.25, 0.3) is 11.8 Å². The number of hydrogen-bond acceptors (Lipinski definition) is 3. The first-order valence-corrected chi connectivity index (χ1v) is 7.71. The molecule has 0 aliphatic carbocycles. The fraction of sp³-hybridized carbons (Fsp3) is 0.158. The van der Waals surface area contributed by atoms with Crippen molar-refractivity contribution in [2.75, 3.05) is 11.4 Å². The quantitative estimate of drug-likeness (QED) is 0.800. The summed E-state index contributed by atoms with van der Waals surface area (Å²) in [5, 5.41) is 0. The number of nitrogens with zero attached hydrogens (tertiary/aromatic N) is 2. The maximum Gasteiger partial charge on any atom is 0.281 e. The van der Waals surface area contributed by atoms with Crippen molar-refractivity contribution in [3.05, 3.63) is 77.5 Å². The number of fused-ring (bicyclic) bond motifs is 1. The largest absolute Gasteiger partial charge is 0.362 e. The highest BCUT2D eigenvalue weighted by Crippen LogP contribution is 2.28. The average Bonchev–Trinajstić information content (AvgIpc) is 2.90. The molecule has 4 rings (SSSR count). The van der Waals surface area contributed by atoms with Crippen LogP contribution in [0.4, 0.5) is 5.69 Å². The van der Waals surface area contributed by atoms with Crippen LogP contribution in [-0.4, -0.2) is 23.3 Å². The molecule has 4 heteroatoms. The van der Waals surface area contributed by atoms with Gasteiger partial charge in [-0.05, 0) is 29.7 Å². The van der Waals surface area contributed by atoms with E-state index in [-0.39, 0.29) is 11.8 Å². The normalized spacial score (nSPS) is 17.3. The van der Waals surface area contributed by atoms with Crippen LogP contribution in [0.3, 0.4) is 0 Å². The molecule has 0 atom stereocenters. The van der Waals surface area contributed by atoms with E-state index in [9.17, 15) is 9.59 Å². The van der Waals surface area contributed by atoms with Gasteiger partial charge in [0, 0.05) is 19.2 Å². The molecule has 2 aromatic carbocycles. The number of imide groups is 1. The zero-order chi connectivity index (χ0) is 15.8. The second-order valence-electron chi connectivity index (χ2n) is 5.78. The molecular formula is C19H16N2O2. The molecule has 0 bridgehead atoms. The van der Waals surface area contributed by atoms with E-state index in [1.165, 1.54) is 22.1 Å². The van der Waals surface area contributed by atoms with E-state index in [1.54, 1.807) is 12.1 Å². The van der Waals surface area contributed by atoms with Crippen LogP contribution in [-0.2, 0) is 22.6 Å². The number of amides is 2. The monoisotopic (exact) mass is 304 g/mol. The molecule has 0 saturated carbocycles. The molecule has 0 spiro atoms. The third-order valence-corrected chi connectivity index (χ3v) is 4.39. The molecule has 2 aromatic rings. The van der Waals surface area contributed by atoms with E-state index < -0.39 is 0 Å². The first kappa shape index (κ1) is 13.8. The van der Waals surface area contributed by atoms with Crippen molar-refractivity contribution in [1.29, 1.82) is 0 Å². The van der Waals surface area contributed by atoms with Crippen LogP contribution in [0.5, 0.6) is 0 Å². The molecule has 0 fully saturated rings. The van der Waals surface area contributed by atoms with Gasteiger partial charge in [-0.2, -0.15) is 0 Å². The Balaban J connectivity index is 1.61. The van der Waals surface area contributed by atoms with Gasteiger partial charge in [-0.25, -0.2) is 4.90 Å². The van der Waals surface area contributed by atoms with Crippen molar-refractivity contribution in [2.45, 2.75) is 13.0 Å². The molecule has 2 aliphatic heterocycles. The highest BCUT2D eigenvalue weighted by molar-refractivity contribution is 6.30. The van der Waals surface area contributed by atoms with Gasteiger partial charge < -0.3 is 4.90 Å². The number of rotatable bonds is 2. The SMILES string of the molecule is O=C1C=C(N2CCc3ccccc3C2)C(=O)N1c1ccccc1. The number of anilines is 1. The summed E-state index contributed by atoms with van der Waals surface area (Å²) in [5.41, 5.74) is 3.65. The number of carbonyl (C=O) groups is 2. The molecule has 0 N–H and O–H groups in total. The maximum absolute atomic E-state index is 12.7. The van der Waals surface area contributed by atoms with Gasteiger partial charge in [0.15, 0.2) is 0 Å². The van der Waals surface area contributed by atoms with Gasteiger partial charge in [0.1, 0.15) is 5.70 Å². The van der Waals surface area contributed by atoms with Crippen LogP contribution in [0.1, 0.15) is 11.1 Å². The molecule has 4 nitrogen and oxygen atoms in total. The second kappa shape index (κ2) is 5.39. The Morgan fingerprint density at radius 1 is 0.826 bits per heavy atom. The van der Waals surface area contributed by atoms with Gasteiger partial charge in [-0.3, -0.25) is 9.59 Å². The van der Waals surface area contributed by atoms with Crippen LogP contribution in [0.25, 0.3) is 0 Å². The predicted octanol–water partition coefficient (Wildman–Crippen LogP) is 2.50. The van der Waals surface area contributed by atoms with Crippen LogP contribution in [0.15, 0.2) is 66.4 Å². The molecule has 114 valence electrons. The highest BCUT2D eigenvalue weighted by Gasteiger charge is 2.36. The lowest BCUT2D eigenvalue weighted by molar-refractivity contribution is -0.121. The second-order valence-corrected chi connectivity index (χ2v) is 5.78. The lowest BCUT2D eigenvalue weighted by atomic mass is 9.99. The Hall–Kier alpha value is -2.88. The van der Waals surface area contributed by atoms with Crippen molar-refractivity contribution in [1.82, 2.24) is 4.90 Å². The Morgan fingerprint density at radius 2 is 1.52 bits per heavy atom. The van der Waals surface area contributed by atoms with Crippen molar-refractivity contribution in [3.8, 4) is 0 Å². The molecule has 2 amide bonds. The summed E-state index contributed by atoms with van der Waals surface area (Å²) >= 11 is 0. The van der Waals surface area contributed by atoms with Gasteiger partial charge in [0.2, 0.25) is 0 Å². The minimum absolute atomic E-state index is 0.236. The van der Waals surface area contributed by atoms with E-state index in [4.69, 9.17) is 0 Å². The number of carbonyl (C=O) groups excluding carboxylic acids is 2. The number of para-hydroxylation sites is 1. The average molecular weight is 304 g/mol. The maximum atomic E-state index is 12.7. The Morgan fingerprint density at radius 3 is 2.30 bits per heavy atom. The Bertz CT molecular complexity index is 811. The van der Waals surface area contributed by atoms with Crippen LogP contribution in [0, 0.1) is 0 Å². The topological polar surface area (TPSA) is 40.6 Å². The van der Waals surface area contributed by atoms with Crippen LogP contribution in [0.2, 0.25) is 0 Å². The summed E-state index contributed by atoms with van der Waals surface area (Å²) in [6.45, 7) is 1.42. The minimum atomic E-state index is -0.268. The molecule has 0 saturated heterocycles. The van der Waals surface area contributed by atoms with Crippen LogP contribution < -0.4 is 4.90 Å². The van der Waals surface area contributed by atoms with Crippen molar-refractivity contribution in [2.24, 2.45) is 0 Å². The minimum Gasteiger partial charge on any atom is -0.362 e. The summed E-state index contributed by atoms with van der Waals surface area (Å²) in [5.74, 6) is -0.504. The highest BCUT2D eigenvalue weighted by atomic mass is 16.2. The zero-order valence-electron chi connectivity index (χ0n) is 12.6. The third-order valence-electron chi connectivity index (χ3n) is 4.39. The smallest absolute Gasteiger partial charge is 0.281 e. The number of hydrogen-bond donors (Lipinski definition) is 0. The van der Waals surface area contributed by atoms with Crippen molar-refractivity contribution >= 4 is 17.5 Å². The first-order chi connectivity index (χ1) is 11.2. The van der Waals surface area contributed by atoms with E-state index in [0.29, 0.717) is 17.9 Å². The van der Waals surface area contributed by atoms with E-state index in [2.05, 4.69) is 12.1 Å². The van der Waals surface area contributed by atoms with E-state index in [1.807, 2.05) is 35.2 Å². The molecule has 0 aromatic heterocycles. The fourth-order valence-electron chi connectivity index (χ4n) is 3.21. The summed E-state index contributed by atoms with van der Waals surface area (Å²) in [6.07, 6.45) is 2.35. The van der Waals surface area contributed by atoms with Gasteiger partial charge in [-0.15, -0.1) is 0 Å². The predicted molar refractivity (Wildman–Crippen MR) is 87.6 cm³/mol. The van der Waals surface area contributed by atoms with E-state index in [0.717, 1.165) is 13.0 Å². The third kappa shape index (κ3) is 2.32. The van der Waals surface area contributed by atoms with Gasteiger partial charge >= 0.3 is 0 Å². The molecule has 0 radical (unpaired) electrons. The van der Waals surface area contributed by atoms with Crippen molar-refractivity contribution < 1.29 is 9.59 Å². The van der Waals surface area contributed by atoms with Crippen molar-refractivity contribution in [3.63, 3.8) is 0 Å².